The van der Waals surface area contributed by atoms with Crippen LogP contribution in [0, 0.1) is 6.92 Å². The number of fused-ring (bicyclic) bond motifs is 1. The number of carbonyl (C=O) groups excluding carboxylic acids is 2. The lowest BCUT2D eigenvalue weighted by Crippen LogP contribution is -2.46. The number of nitrogens with zero attached hydrogens (tertiary/aromatic N) is 1. The van der Waals surface area contributed by atoms with Gasteiger partial charge in [-0.2, -0.15) is 0 Å². The van der Waals surface area contributed by atoms with E-state index in [1.807, 2.05) is 19.1 Å². The predicted molar refractivity (Wildman–Crippen MR) is 135 cm³/mol. The lowest BCUT2D eigenvalue weighted by molar-refractivity contribution is -0.144. The molecular weight excluding hydrogens is 482 g/mol. The summed E-state index contributed by atoms with van der Waals surface area (Å²) in [5, 5.41) is 12.8. The Hall–Kier alpha value is -3.76. The summed E-state index contributed by atoms with van der Waals surface area (Å²) in [7, 11) is -3.91. The third-order valence-corrected chi connectivity index (χ3v) is 7.86. The van der Waals surface area contributed by atoms with Crippen LogP contribution in [0.15, 0.2) is 65.6 Å². The van der Waals surface area contributed by atoms with Gasteiger partial charge in [0.2, 0.25) is 15.9 Å². The standard InChI is InChI=1S/C26H27N3O6S/c1-17-6-2-3-7-19(17)26(33)27-22-10-4-9-21-20(22)8-5-11-23(21)36(34,35)28-18-12-14-29(15-13-18)24(30)16-25(31)32/h2-11,18,28H,12-16H2,1H3,(H,27,33)(H,31,32). The van der Waals surface area contributed by atoms with Crippen molar-refractivity contribution in [2.75, 3.05) is 18.4 Å². The van der Waals surface area contributed by atoms with Crippen molar-refractivity contribution < 1.29 is 27.9 Å². The molecule has 10 heteroatoms. The lowest BCUT2D eigenvalue weighted by Gasteiger charge is -2.32. The second-order valence-electron chi connectivity index (χ2n) is 8.77. The maximum Gasteiger partial charge on any atom is 0.312 e. The van der Waals surface area contributed by atoms with E-state index in [4.69, 9.17) is 5.11 Å². The van der Waals surface area contributed by atoms with Gasteiger partial charge in [-0.05, 0) is 43.5 Å². The summed E-state index contributed by atoms with van der Waals surface area (Å²) < 4.78 is 29.4. The van der Waals surface area contributed by atoms with Gasteiger partial charge in [0.25, 0.3) is 5.91 Å². The van der Waals surface area contributed by atoms with Gasteiger partial charge >= 0.3 is 5.97 Å². The Kier molecular flexibility index (Phi) is 7.37. The fraction of sp³-hybridized carbons (Fsp3) is 0.269. The molecular formula is C26H27N3O6S. The lowest BCUT2D eigenvalue weighted by atomic mass is 10.1. The first-order chi connectivity index (χ1) is 17.2. The minimum Gasteiger partial charge on any atom is -0.481 e. The molecule has 0 aromatic heterocycles. The third-order valence-electron chi connectivity index (χ3n) is 6.28. The third kappa shape index (κ3) is 5.55. The molecule has 3 aromatic carbocycles. The Labute approximate surface area is 209 Å². The SMILES string of the molecule is Cc1ccccc1C(=O)Nc1cccc2c(S(=O)(=O)NC3CCN(C(=O)CC(=O)O)CC3)cccc12. The highest BCUT2D eigenvalue weighted by Crippen LogP contribution is 2.30. The van der Waals surface area contributed by atoms with Gasteiger partial charge in [-0.3, -0.25) is 14.4 Å². The maximum absolute atomic E-state index is 13.3. The van der Waals surface area contributed by atoms with Crippen molar-refractivity contribution in [3.05, 3.63) is 71.8 Å². The van der Waals surface area contributed by atoms with Gasteiger partial charge in [0, 0.05) is 41.2 Å². The molecule has 188 valence electrons. The highest BCUT2D eigenvalue weighted by atomic mass is 32.2. The Balaban J connectivity index is 1.53. The summed E-state index contributed by atoms with van der Waals surface area (Å²) in [6.45, 7) is 2.41. The monoisotopic (exact) mass is 509 g/mol. The second kappa shape index (κ2) is 10.5. The molecule has 3 N–H and O–H groups in total. The number of hydrogen-bond acceptors (Lipinski definition) is 5. The van der Waals surface area contributed by atoms with Gasteiger partial charge in [0.05, 0.1) is 4.90 Å². The van der Waals surface area contributed by atoms with E-state index in [1.54, 1.807) is 42.5 Å². The van der Waals surface area contributed by atoms with Gasteiger partial charge in [-0.15, -0.1) is 0 Å². The summed E-state index contributed by atoms with van der Waals surface area (Å²) in [6, 6.07) is 16.9. The largest absolute Gasteiger partial charge is 0.481 e. The number of sulfonamides is 1. The van der Waals surface area contributed by atoms with Crippen LogP contribution in [0.5, 0.6) is 0 Å². The van der Waals surface area contributed by atoms with Crippen molar-refractivity contribution in [2.45, 2.75) is 37.1 Å². The fourth-order valence-electron chi connectivity index (χ4n) is 4.41. The van der Waals surface area contributed by atoms with Gasteiger partial charge in [0.15, 0.2) is 0 Å². The number of aryl methyl sites for hydroxylation is 1. The molecule has 1 heterocycles. The number of hydrogen-bond donors (Lipinski definition) is 3. The number of benzene rings is 3. The molecule has 36 heavy (non-hydrogen) atoms. The summed E-state index contributed by atoms with van der Waals surface area (Å²) in [5.74, 6) is -1.94. The molecule has 0 radical (unpaired) electrons. The fourth-order valence-corrected chi connectivity index (χ4v) is 5.94. The zero-order valence-electron chi connectivity index (χ0n) is 19.7. The van der Waals surface area contributed by atoms with Gasteiger partial charge in [-0.25, -0.2) is 13.1 Å². The molecule has 0 saturated carbocycles. The zero-order valence-corrected chi connectivity index (χ0v) is 20.5. The number of nitrogens with one attached hydrogen (secondary N) is 2. The second-order valence-corrected chi connectivity index (χ2v) is 10.5. The number of piperidine rings is 1. The predicted octanol–water partition coefficient (Wildman–Crippen LogP) is 3.14. The first-order valence-electron chi connectivity index (χ1n) is 11.6. The van der Waals surface area contributed by atoms with E-state index >= 15 is 0 Å². The number of carboxylic acid groups (broad SMARTS) is 1. The van der Waals surface area contributed by atoms with Crippen LogP contribution in [-0.2, 0) is 19.6 Å². The van der Waals surface area contributed by atoms with Crippen LogP contribution in [-0.4, -0.2) is 55.3 Å². The van der Waals surface area contributed by atoms with Crippen LogP contribution >= 0.6 is 0 Å². The normalized spacial score (nSPS) is 14.5. The number of aliphatic carboxylic acids is 1. The van der Waals surface area contributed by atoms with E-state index in [9.17, 15) is 22.8 Å². The Morgan fingerprint density at radius 3 is 2.31 bits per heavy atom. The van der Waals surface area contributed by atoms with Crippen LogP contribution < -0.4 is 10.0 Å². The number of likely N-dealkylation sites (tertiary alicyclic amines) is 1. The van der Waals surface area contributed by atoms with E-state index in [1.165, 1.54) is 11.0 Å². The summed E-state index contributed by atoms with van der Waals surface area (Å²) in [6.07, 6.45) is 0.190. The molecule has 3 aromatic rings. The number of carbonyl (C=O) groups is 3. The molecule has 1 aliphatic rings. The molecule has 1 fully saturated rings. The van der Waals surface area contributed by atoms with Crippen molar-refractivity contribution in [1.82, 2.24) is 9.62 Å². The van der Waals surface area contributed by atoms with Crippen molar-refractivity contribution in [2.24, 2.45) is 0 Å². The molecule has 2 amide bonds. The molecule has 1 aliphatic heterocycles. The quantitative estimate of drug-likeness (QED) is 0.419. The minimum atomic E-state index is -3.91. The average molecular weight is 510 g/mol. The Morgan fingerprint density at radius 1 is 0.944 bits per heavy atom. The van der Waals surface area contributed by atoms with E-state index in [2.05, 4.69) is 10.0 Å². The number of anilines is 1. The first kappa shape index (κ1) is 25.3. The molecule has 0 spiro atoms. The van der Waals surface area contributed by atoms with Crippen LogP contribution in [0.3, 0.4) is 0 Å². The zero-order chi connectivity index (χ0) is 25.9. The molecule has 0 unspecified atom stereocenters. The van der Waals surface area contributed by atoms with Crippen LogP contribution in [0.1, 0.15) is 35.2 Å². The highest BCUT2D eigenvalue weighted by molar-refractivity contribution is 7.89. The highest BCUT2D eigenvalue weighted by Gasteiger charge is 2.28. The Bertz CT molecular complexity index is 1430. The van der Waals surface area contributed by atoms with E-state index in [-0.39, 0.29) is 29.9 Å². The van der Waals surface area contributed by atoms with E-state index in [0.29, 0.717) is 34.9 Å². The summed E-state index contributed by atoms with van der Waals surface area (Å²) in [5.41, 5.74) is 1.87. The smallest absolute Gasteiger partial charge is 0.312 e. The van der Waals surface area contributed by atoms with E-state index < -0.39 is 28.3 Å². The van der Waals surface area contributed by atoms with Gasteiger partial charge in [-0.1, -0.05) is 42.5 Å². The number of amides is 2. The van der Waals surface area contributed by atoms with E-state index in [0.717, 1.165) is 5.56 Å². The van der Waals surface area contributed by atoms with Crippen LogP contribution in [0.25, 0.3) is 10.8 Å². The molecule has 0 aliphatic carbocycles. The maximum atomic E-state index is 13.3. The summed E-state index contributed by atoms with van der Waals surface area (Å²) >= 11 is 0. The van der Waals surface area contributed by atoms with Crippen molar-refractivity contribution in [1.29, 1.82) is 0 Å². The number of rotatable bonds is 7. The topological polar surface area (TPSA) is 133 Å². The first-order valence-corrected chi connectivity index (χ1v) is 13.0. The summed E-state index contributed by atoms with van der Waals surface area (Å²) in [4.78, 5) is 37.1. The molecule has 0 bridgehead atoms. The Morgan fingerprint density at radius 2 is 1.61 bits per heavy atom. The molecule has 1 saturated heterocycles. The van der Waals surface area contributed by atoms with Gasteiger partial charge < -0.3 is 15.3 Å². The van der Waals surface area contributed by atoms with Crippen molar-refractivity contribution >= 4 is 44.3 Å². The average Bonchev–Trinajstić information content (AvgIpc) is 2.84. The van der Waals surface area contributed by atoms with Crippen molar-refractivity contribution in [3.63, 3.8) is 0 Å². The van der Waals surface area contributed by atoms with Crippen LogP contribution in [0.4, 0.5) is 5.69 Å². The number of carboxylic acids is 1. The molecule has 0 atom stereocenters. The van der Waals surface area contributed by atoms with Crippen molar-refractivity contribution in [3.8, 4) is 0 Å². The van der Waals surface area contributed by atoms with Crippen LogP contribution in [0.2, 0.25) is 0 Å². The van der Waals surface area contributed by atoms with Gasteiger partial charge in [0.1, 0.15) is 6.42 Å². The molecule has 9 nitrogen and oxygen atoms in total. The molecule has 4 rings (SSSR count). The minimum absolute atomic E-state index is 0.0939.